The fourth-order valence-electron chi connectivity index (χ4n) is 1.76. The fourth-order valence-corrected chi connectivity index (χ4v) is 2.77. The highest BCUT2D eigenvalue weighted by atomic mass is 32.2. The van der Waals surface area contributed by atoms with E-state index in [2.05, 4.69) is 19.2 Å². The molecule has 4 heteroatoms. The average molecular weight is 271 g/mol. The maximum absolute atomic E-state index is 13.7. The lowest BCUT2D eigenvalue weighted by Gasteiger charge is -2.18. The van der Waals surface area contributed by atoms with E-state index < -0.39 is 0 Å². The quantitative estimate of drug-likeness (QED) is 0.730. The SMILES string of the molecule is CCCSCC(NCC)c1ccc(OC)c(F)c1. The van der Waals surface area contributed by atoms with Gasteiger partial charge in [-0.25, -0.2) is 4.39 Å². The van der Waals surface area contributed by atoms with Crippen LogP contribution >= 0.6 is 11.8 Å². The van der Waals surface area contributed by atoms with Crippen LogP contribution in [0, 0.1) is 5.82 Å². The highest BCUT2D eigenvalue weighted by Gasteiger charge is 2.12. The minimum absolute atomic E-state index is 0.201. The first-order valence-corrected chi connectivity index (χ1v) is 7.52. The van der Waals surface area contributed by atoms with E-state index in [0.717, 1.165) is 23.6 Å². The number of hydrogen-bond acceptors (Lipinski definition) is 3. The van der Waals surface area contributed by atoms with Crippen molar-refractivity contribution in [2.45, 2.75) is 26.3 Å². The van der Waals surface area contributed by atoms with Crippen LogP contribution in [0.3, 0.4) is 0 Å². The molecule has 1 aromatic carbocycles. The summed E-state index contributed by atoms with van der Waals surface area (Å²) in [6.07, 6.45) is 1.17. The third-order valence-electron chi connectivity index (χ3n) is 2.66. The third-order valence-corrected chi connectivity index (χ3v) is 3.93. The number of halogens is 1. The van der Waals surface area contributed by atoms with Gasteiger partial charge in [-0.1, -0.05) is 19.9 Å². The van der Waals surface area contributed by atoms with Crippen molar-refractivity contribution in [1.82, 2.24) is 5.32 Å². The van der Waals surface area contributed by atoms with Gasteiger partial charge in [0.25, 0.3) is 0 Å². The summed E-state index contributed by atoms with van der Waals surface area (Å²) in [6, 6.07) is 5.40. The second-order valence-corrected chi connectivity index (χ2v) is 5.23. The number of nitrogens with one attached hydrogen (secondary N) is 1. The molecule has 1 aromatic rings. The molecule has 1 atom stereocenters. The first-order valence-electron chi connectivity index (χ1n) is 6.37. The topological polar surface area (TPSA) is 21.3 Å². The molecule has 1 rings (SSSR count). The molecule has 18 heavy (non-hydrogen) atoms. The van der Waals surface area contributed by atoms with E-state index in [-0.39, 0.29) is 11.9 Å². The summed E-state index contributed by atoms with van der Waals surface area (Å²) in [5, 5.41) is 3.39. The lowest BCUT2D eigenvalue weighted by molar-refractivity contribution is 0.385. The predicted octanol–water partition coefficient (Wildman–Crippen LogP) is 3.63. The van der Waals surface area contributed by atoms with Gasteiger partial charge in [-0.05, 0) is 36.4 Å². The molecule has 0 radical (unpaired) electrons. The molecule has 1 N–H and O–H groups in total. The van der Waals surface area contributed by atoms with Gasteiger partial charge in [-0.2, -0.15) is 11.8 Å². The van der Waals surface area contributed by atoms with Crippen LogP contribution in [0.5, 0.6) is 5.75 Å². The monoisotopic (exact) mass is 271 g/mol. The van der Waals surface area contributed by atoms with Crippen LogP contribution in [0.2, 0.25) is 0 Å². The van der Waals surface area contributed by atoms with Crippen molar-refractivity contribution < 1.29 is 9.13 Å². The van der Waals surface area contributed by atoms with E-state index in [1.54, 1.807) is 12.1 Å². The Hall–Kier alpha value is -0.740. The molecule has 0 spiro atoms. The van der Waals surface area contributed by atoms with Crippen LogP contribution in [-0.2, 0) is 0 Å². The van der Waals surface area contributed by atoms with Crippen LogP contribution in [0.4, 0.5) is 4.39 Å². The minimum Gasteiger partial charge on any atom is -0.494 e. The van der Waals surface area contributed by atoms with E-state index in [1.165, 1.54) is 13.5 Å². The molecule has 0 heterocycles. The summed E-state index contributed by atoms with van der Waals surface area (Å²) < 4.78 is 18.6. The molecule has 0 bridgehead atoms. The molecule has 102 valence electrons. The zero-order valence-electron chi connectivity index (χ0n) is 11.3. The normalized spacial score (nSPS) is 12.4. The van der Waals surface area contributed by atoms with Crippen LogP contribution in [-0.4, -0.2) is 25.2 Å². The number of thioether (sulfide) groups is 1. The average Bonchev–Trinajstić information content (AvgIpc) is 2.38. The van der Waals surface area contributed by atoms with Crippen molar-refractivity contribution in [2.24, 2.45) is 0 Å². The Morgan fingerprint density at radius 2 is 2.17 bits per heavy atom. The van der Waals surface area contributed by atoms with Crippen molar-refractivity contribution in [3.8, 4) is 5.75 Å². The molecular weight excluding hydrogens is 249 g/mol. The zero-order chi connectivity index (χ0) is 13.4. The lowest BCUT2D eigenvalue weighted by atomic mass is 10.1. The minimum atomic E-state index is -0.293. The second-order valence-electron chi connectivity index (χ2n) is 4.08. The van der Waals surface area contributed by atoms with Crippen molar-refractivity contribution in [3.05, 3.63) is 29.6 Å². The van der Waals surface area contributed by atoms with Gasteiger partial charge in [0.2, 0.25) is 0 Å². The van der Waals surface area contributed by atoms with Gasteiger partial charge < -0.3 is 10.1 Å². The molecule has 0 saturated carbocycles. The predicted molar refractivity (Wildman–Crippen MR) is 77.0 cm³/mol. The van der Waals surface area contributed by atoms with E-state index in [0.29, 0.717) is 5.75 Å². The van der Waals surface area contributed by atoms with Crippen molar-refractivity contribution in [3.63, 3.8) is 0 Å². The first-order chi connectivity index (χ1) is 8.72. The molecule has 0 aliphatic heterocycles. The maximum atomic E-state index is 13.7. The van der Waals surface area contributed by atoms with Gasteiger partial charge in [0, 0.05) is 11.8 Å². The van der Waals surface area contributed by atoms with Crippen molar-refractivity contribution in [1.29, 1.82) is 0 Å². The van der Waals surface area contributed by atoms with E-state index in [9.17, 15) is 4.39 Å². The van der Waals surface area contributed by atoms with Gasteiger partial charge in [0.1, 0.15) is 0 Å². The van der Waals surface area contributed by atoms with Crippen molar-refractivity contribution in [2.75, 3.05) is 25.2 Å². The largest absolute Gasteiger partial charge is 0.494 e. The molecule has 0 aliphatic rings. The van der Waals surface area contributed by atoms with Gasteiger partial charge in [0.05, 0.1) is 7.11 Å². The number of methoxy groups -OCH3 is 1. The summed E-state index contributed by atoms with van der Waals surface area (Å²) in [4.78, 5) is 0. The summed E-state index contributed by atoms with van der Waals surface area (Å²) in [6.45, 7) is 5.12. The zero-order valence-corrected chi connectivity index (χ0v) is 12.1. The van der Waals surface area contributed by atoms with Crippen LogP contribution in [0.15, 0.2) is 18.2 Å². The maximum Gasteiger partial charge on any atom is 0.165 e. The Bertz CT molecular complexity index is 360. The van der Waals surface area contributed by atoms with Crippen LogP contribution in [0.25, 0.3) is 0 Å². The Kier molecular flexibility index (Phi) is 7.13. The van der Waals surface area contributed by atoms with E-state index in [1.807, 2.05) is 17.8 Å². The van der Waals surface area contributed by atoms with Gasteiger partial charge in [-0.15, -0.1) is 0 Å². The lowest BCUT2D eigenvalue weighted by Crippen LogP contribution is -2.23. The number of benzene rings is 1. The standard InChI is InChI=1S/C14H22FNOS/c1-4-8-18-10-13(16-5-2)11-6-7-14(17-3)12(15)9-11/h6-7,9,13,16H,4-5,8,10H2,1-3H3. The smallest absolute Gasteiger partial charge is 0.165 e. The Morgan fingerprint density at radius 1 is 1.39 bits per heavy atom. The van der Waals surface area contributed by atoms with Crippen LogP contribution in [0.1, 0.15) is 31.9 Å². The van der Waals surface area contributed by atoms with E-state index in [4.69, 9.17) is 4.74 Å². The van der Waals surface area contributed by atoms with Gasteiger partial charge in [0.15, 0.2) is 11.6 Å². The molecule has 0 amide bonds. The summed E-state index contributed by atoms with van der Waals surface area (Å²) in [5.41, 5.74) is 0.985. The molecule has 0 saturated heterocycles. The Balaban J connectivity index is 2.74. The fraction of sp³-hybridized carbons (Fsp3) is 0.571. The summed E-state index contributed by atoms with van der Waals surface area (Å²) in [5.74, 6) is 2.11. The van der Waals surface area contributed by atoms with Gasteiger partial charge >= 0.3 is 0 Å². The third kappa shape index (κ3) is 4.50. The molecular formula is C14H22FNOS. The molecule has 0 aliphatic carbocycles. The summed E-state index contributed by atoms with van der Waals surface area (Å²) in [7, 11) is 1.48. The Labute approximate surface area is 113 Å². The Morgan fingerprint density at radius 3 is 2.72 bits per heavy atom. The highest BCUT2D eigenvalue weighted by molar-refractivity contribution is 7.99. The van der Waals surface area contributed by atoms with Gasteiger partial charge in [-0.3, -0.25) is 0 Å². The highest BCUT2D eigenvalue weighted by Crippen LogP contribution is 2.24. The van der Waals surface area contributed by atoms with E-state index >= 15 is 0 Å². The molecule has 2 nitrogen and oxygen atoms in total. The molecule has 0 aromatic heterocycles. The summed E-state index contributed by atoms with van der Waals surface area (Å²) >= 11 is 1.90. The molecule has 1 unspecified atom stereocenters. The first kappa shape index (κ1) is 15.3. The second kappa shape index (κ2) is 8.38. The van der Waals surface area contributed by atoms with Crippen molar-refractivity contribution >= 4 is 11.8 Å². The number of hydrogen-bond donors (Lipinski definition) is 1. The number of ether oxygens (including phenoxy) is 1. The van der Waals surface area contributed by atoms with Crippen LogP contribution < -0.4 is 10.1 Å². The molecule has 0 fully saturated rings. The number of rotatable bonds is 8.